The zero-order valence-electron chi connectivity index (χ0n) is 11.1. The van der Waals surface area contributed by atoms with Crippen LogP contribution >= 0.6 is 11.6 Å². The number of rotatable bonds is 2. The molecule has 2 heterocycles. The van der Waals surface area contributed by atoms with E-state index in [0.29, 0.717) is 16.5 Å². The zero-order chi connectivity index (χ0) is 15.0. The van der Waals surface area contributed by atoms with Gasteiger partial charge in [-0.2, -0.15) is 10.1 Å². The number of hydrogen-bond donors (Lipinski definition) is 2. The lowest BCUT2D eigenvalue weighted by Gasteiger charge is -2.22. The van der Waals surface area contributed by atoms with Gasteiger partial charge in [0.15, 0.2) is 0 Å². The van der Waals surface area contributed by atoms with E-state index < -0.39 is 6.04 Å². The molecule has 1 aliphatic heterocycles. The third kappa shape index (κ3) is 2.59. The second kappa shape index (κ2) is 5.17. The third-order valence-corrected chi connectivity index (χ3v) is 3.43. The number of nitrogens with one attached hydrogen (secondary N) is 2. The molecule has 0 bridgehead atoms. The maximum atomic E-state index is 12.4. The Morgan fingerprint density at radius 3 is 3.00 bits per heavy atom. The van der Waals surface area contributed by atoms with Crippen LogP contribution in [0.15, 0.2) is 24.3 Å². The van der Waals surface area contributed by atoms with Crippen LogP contribution in [-0.2, 0) is 9.59 Å². The summed E-state index contributed by atoms with van der Waals surface area (Å²) in [6.07, 6.45) is 0.00604. The fourth-order valence-corrected chi connectivity index (χ4v) is 2.34. The molecule has 108 valence electrons. The summed E-state index contributed by atoms with van der Waals surface area (Å²) >= 11 is 6.01. The van der Waals surface area contributed by atoms with Gasteiger partial charge in [0.25, 0.3) is 0 Å². The van der Waals surface area contributed by atoms with Gasteiger partial charge in [0.05, 0.1) is 17.1 Å². The first-order valence-electron chi connectivity index (χ1n) is 6.33. The average molecular weight is 306 g/mol. The monoisotopic (exact) mass is 305 g/mol. The normalized spacial score (nSPS) is 17.0. The predicted molar refractivity (Wildman–Crippen MR) is 77.1 cm³/mol. The van der Waals surface area contributed by atoms with E-state index in [1.807, 2.05) is 0 Å². The molecule has 2 amide bonds. The number of aromatic nitrogens is 3. The fraction of sp³-hybridized carbons (Fsp3) is 0.231. The summed E-state index contributed by atoms with van der Waals surface area (Å²) in [7, 11) is 0. The Hall–Kier alpha value is -2.41. The van der Waals surface area contributed by atoms with Gasteiger partial charge in [0.2, 0.25) is 17.8 Å². The highest BCUT2D eigenvalue weighted by Crippen LogP contribution is 2.26. The first-order valence-corrected chi connectivity index (χ1v) is 6.71. The van der Waals surface area contributed by atoms with E-state index in [-0.39, 0.29) is 24.2 Å². The quantitative estimate of drug-likeness (QED) is 0.885. The van der Waals surface area contributed by atoms with Crippen LogP contribution in [0.5, 0.6) is 0 Å². The number of halogens is 1. The van der Waals surface area contributed by atoms with E-state index in [1.165, 1.54) is 4.68 Å². The molecule has 1 unspecified atom stereocenters. The molecule has 2 aromatic rings. The lowest BCUT2D eigenvalue weighted by atomic mass is 10.1. The standard InChI is InChI=1S/C13H12ClN5O2/c1-7-15-13-17-11(20)6-10(19(13)18-7)12(21)16-9-5-3-2-4-8(9)14/h2-5,10H,6H2,1H3,(H,16,21)(H,15,17,18,20). The number of benzene rings is 1. The minimum absolute atomic E-state index is 0.00604. The van der Waals surface area contributed by atoms with Crippen LogP contribution < -0.4 is 10.6 Å². The molecule has 1 aromatic carbocycles. The van der Waals surface area contributed by atoms with Crippen molar-refractivity contribution >= 4 is 35.1 Å². The number of hydrogen-bond acceptors (Lipinski definition) is 4. The average Bonchev–Trinajstić information content (AvgIpc) is 2.80. The zero-order valence-corrected chi connectivity index (χ0v) is 11.9. The molecule has 0 spiro atoms. The number of anilines is 2. The second-order valence-electron chi connectivity index (χ2n) is 4.66. The molecule has 21 heavy (non-hydrogen) atoms. The molecule has 1 atom stereocenters. The van der Waals surface area contributed by atoms with Gasteiger partial charge < -0.3 is 5.32 Å². The maximum absolute atomic E-state index is 12.4. The smallest absolute Gasteiger partial charge is 0.249 e. The number of carbonyl (C=O) groups excluding carboxylic acids is 2. The van der Waals surface area contributed by atoms with Crippen LogP contribution in [0.25, 0.3) is 0 Å². The highest BCUT2D eigenvalue weighted by atomic mass is 35.5. The number of aryl methyl sites for hydroxylation is 1. The van der Waals surface area contributed by atoms with Crippen LogP contribution in [0.4, 0.5) is 11.6 Å². The number of carbonyl (C=O) groups is 2. The Bertz CT molecular complexity index is 727. The SMILES string of the molecule is Cc1nc2n(n1)C(C(=O)Nc1ccccc1Cl)CC(=O)N2. The maximum Gasteiger partial charge on any atom is 0.249 e. The molecule has 8 heteroatoms. The van der Waals surface area contributed by atoms with Crippen molar-refractivity contribution in [1.29, 1.82) is 0 Å². The van der Waals surface area contributed by atoms with Gasteiger partial charge in [0, 0.05) is 0 Å². The van der Waals surface area contributed by atoms with Crippen molar-refractivity contribution in [3.63, 3.8) is 0 Å². The molecular weight excluding hydrogens is 294 g/mol. The summed E-state index contributed by atoms with van der Waals surface area (Å²) in [6, 6.07) is 6.16. The number of amides is 2. The summed E-state index contributed by atoms with van der Waals surface area (Å²) in [4.78, 5) is 28.1. The van der Waals surface area contributed by atoms with Gasteiger partial charge in [-0.25, -0.2) is 4.68 Å². The summed E-state index contributed by atoms with van der Waals surface area (Å²) in [5, 5.41) is 9.88. The predicted octanol–water partition coefficient (Wildman–Crippen LogP) is 1.76. The van der Waals surface area contributed by atoms with Crippen LogP contribution in [0.3, 0.4) is 0 Å². The third-order valence-electron chi connectivity index (χ3n) is 3.10. The van der Waals surface area contributed by atoms with Gasteiger partial charge in [-0.3, -0.25) is 14.9 Å². The lowest BCUT2D eigenvalue weighted by Crippen LogP contribution is -2.36. The van der Waals surface area contributed by atoms with Crippen molar-refractivity contribution in [3.05, 3.63) is 35.1 Å². The van der Waals surface area contributed by atoms with Crippen molar-refractivity contribution in [2.24, 2.45) is 0 Å². The number of fused-ring (bicyclic) bond motifs is 1. The van der Waals surface area contributed by atoms with E-state index in [1.54, 1.807) is 31.2 Å². The molecule has 2 N–H and O–H groups in total. The van der Waals surface area contributed by atoms with E-state index in [4.69, 9.17) is 11.6 Å². The topological polar surface area (TPSA) is 88.9 Å². The van der Waals surface area contributed by atoms with E-state index in [9.17, 15) is 9.59 Å². The Balaban J connectivity index is 1.88. The molecule has 0 saturated carbocycles. The molecule has 0 radical (unpaired) electrons. The van der Waals surface area contributed by atoms with E-state index in [2.05, 4.69) is 20.7 Å². The molecule has 1 aromatic heterocycles. The molecule has 7 nitrogen and oxygen atoms in total. The molecule has 0 saturated heterocycles. The minimum Gasteiger partial charge on any atom is -0.323 e. The molecule has 0 aliphatic carbocycles. The largest absolute Gasteiger partial charge is 0.323 e. The molecular formula is C13H12ClN5O2. The first kappa shape index (κ1) is 13.6. The van der Waals surface area contributed by atoms with E-state index >= 15 is 0 Å². The molecule has 0 fully saturated rings. The van der Waals surface area contributed by atoms with Crippen molar-refractivity contribution in [1.82, 2.24) is 14.8 Å². The van der Waals surface area contributed by atoms with Crippen LogP contribution in [0.2, 0.25) is 5.02 Å². The van der Waals surface area contributed by atoms with Crippen LogP contribution in [-0.4, -0.2) is 26.6 Å². The summed E-state index contributed by atoms with van der Waals surface area (Å²) in [6.45, 7) is 1.69. The van der Waals surface area contributed by atoms with Crippen molar-refractivity contribution in [2.45, 2.75) is 19.4 Å². The van der Waals surface area contributed by atoms with Gasteiger partial charge >= 0.3 is 0 Å². The summed E-state index contributed by atoms with van der Waals surface area (Å²) in [5.74, 6) is 0.143. The highest BCUT2D eigenvalue weighted by molar-refractivity contribution is 6.33. The Morgan fingerprint density at radius 1 is 1.48 bits per heavy atom. The van der Waals surface area contributed by atoms with Crippen molar-refractivity contribution in [2.75, 3.05) is 10.6 Å². The number of para-hydroxylation sites is 1. The van der Waals surface area contributed by atoms with Gasteiger partial charge in [-0.05, 0) is 19.1 Å². The Labute approximate surface area is 125 Å². The van der Waals surface area contributed by atoms with Gasteiger partial charge in [-0.15, -0.1) is 0 Å². The van der Waals surface area contributed by atoms with Crippen molar-refractivity contribution < 1.29 is 9.59 Å². The molecule has 1 aliphatic rings. The number of nitrogens with zero attached hydrogens (tertiary/aromatic N) is 3. The minimum atomic E-state index is -0.744. The summed E-state index contributed by atoms with van der Waals surface area (Å²) in [5.41, 5.74) is 0.494. The van der Waals surface area contributed by atoms with Crippen LogP contribution in [0, 0.1) is 6.92 Å². The van der Waals surface area contributed by atoms with Crippen LogP contribution in [0.1, 0.15) is 18.3 Å². The van der Waals surface area contributed by atoms with E-state index in [0.717, 1.165) is 0 Å². The highest BCUT2D eigenvalue weighted by Gasteiger charge is 2.32. The molecule has 3 rings (SSSR count). The van der Waals surface area contributed by atoms with Gasteiger partial charge in [0.1, 0.15) is 11.9 Å². The lowest BCUT2D eigenvalue weighted by molar-refractivity contribution is -0.125. The first-order chi connectivity index (χ1) is 10.0. The van der Waals surface area contributed by atoms with Crippen molar-refractivity contribution in [3.8, 4) is 0 Å². The summed E-state index contributed by atoms with van der Waals surface area (Å²) < 4.78 is 1.42. The fourth-order valence-electron chi connectivity index (χ4n) is 2.15. The Kier molecular flexibility index (Phi) is 3.34. The van der Waals surface area contributed by atoms with Gasteiger partial charge in [-0.1, -0.05) is 23.7 Å². The second-order valence-corrected chi connectivity index (χ2v) is 5.07. The Morgan fingerprint density at radius 2 is 2.24 bits per heavy atom.